The number of carbonyl (C=O) groups excluding carboxylic acids is 4. The average Bonchev–Trinajstić information content (AvgIpc) is 1.60. The van der Waals surface area contributed by atoms with E-state index in [1.54, 1.807) is 40.2 Å². The number of tetrazole rings is 1. The van der Waals surface area contributed by atoms with Gasteiger partial charge in [0, 0.05) is 136 Å². The van der Waals surface area contributed by atoms with E-state index in [9.17, 15) is 40.2 Å². The number of ether oxygens (including phenoxy) is 8. The Kier molecular flexibility index (Phi) is 33.5. The number of nitrogens with zero attached hydrogens (tertiary/aromatic N) is 15. The van der Waals surface area contributed by atoms with Crippen LogP contribution in [0.1, 0.15) is 228 Å². The van der Waals surface area contributed by atoms with Crippen LogP contribution in [-0.4, -0.2) is 149 Å². The van der Waals surface area contributed by atoms with E-state index in [4.69, 9.17) is 37.9 Å². The number of H-pyrrole nitrogens is 4. The molecule has 4 saturated carbocycles. The zero-order chi connectivity index (χ0) is 103. The molecule has 0 radical (unpaired) electrons. The summed E-state index contributed by atoms with van der Waals surface area (Å²) in [6, 6.07) is 65.3. The van der Waals surface area contributed by atoms with E-state index in [1.807, 2.05) is 198 Å². The molecule has 0 spiro atoms. The number of anilines is 4. The smallest absolute Gasteiger partial charge is 0.411 e. The molecule has 0 atom stereocenters. The first kappa shape index (κ1) is 102. The number of aromatic nitrogens is 15. The Hall–Kier alpha value is -17.2. The van der Waals surface area contributed by atoms with Crippen molar-refractivity contribution in [3.63, 3.8) is 0 Å². The van der Waals surface area contributed by atoms with Gasteiger partial charge in [-0.25, -0.2) is 34.1 Å². The van der Waals surface area contributed by atoms with Crippen LogP contribution in [0, 0.1) is 45.3 Å². The van der Waals surface area contributed by atoms with Crippen molar-refractivity contribution in [1.29, 1.82) is 21.0 Å². The van der Waals surface area contributed by atoms with E-state index in [2.05, 4.69) is 132 Å². The molecule has 148 heavy (non-hydrogen) atoms. The molecule has 8 heterocycles. The maximum Gasteiger partial charge on any atom is 0.411 e. The summed E-state index contributed by atoms with van der Waals surface area (Å²) in [6.07, 6.45) is 25.6. The molecule has 35 nitrogen and oxygen atoms in total. The largest absolute Gasteiger partial charge is 0.494 e. The van der Waals surface area contributed by atoms with Crippen LogP contribution in [-0.2, 0) is 44.6 Å². The highest BCUT2D eigenvalue weighted by molar-refractivity contribution is 6.00. The third-order valence-electron chi connectivity index (χ3n) is 26.4. The van der Waals surface area contributed by atoms with Gasteiger partial charge in [0.2, 0.25) is 0 Å². The first-order valence-corrected chi connectivity index (χ1v) is 50.8. The maximum absolute atomic E-state index is 12.0. The molecule has 4 amide bonds. The number of hydrogen-bond acceptors (Lipinski definition) is 23. The lowest BCUT2D eigenvalue weighted by Crippen LogP contribution is -2.18. The fourth-order valence-electron chi connectivity index (χ4n) is 18.7. The van der Waals surface area contributed by atoms with Gasteiger partial charge in [-0.2, -0.15) is 31.4 Å². The zero-order valence-corrected chi connectivity index (χ0v) is 84.2. The van der Waals surface area contributed by atoms with Gasteiger partial charge in [-0.05, 0) is 284 Å². The van der Waals surface area contributed by atoms with Crippen LogP contribution in [0.4, 0.5) is 41.9 Å². The standard InChI is InChI=1S/2C29H31N5O3.C28H30N6O3.C27H29N7O3/c1-19(2)37-29(35)33-21-10-8-20(9-11-21)28-26(16-30)25-13-12-24(15-27(25)34(28)23-6-3-7-23)36-14-4-5-22-17-31-18-32-22;1-19(2)37-29(35)33-21-10-8-20(9-11-21)28-25(18-30)24-13-12-23(17-26(24)34(28)22-5-3-6-22)36-16-4-7-27-31-14-15-32-27;1-18(2)37-28(35)32-20-10-8-19(9-11-20)27-24(16-29)23-13-12-22(15-25(23)34(27)21-5-3-6-21)36-14-4-7-26-30-17-31-33-26;1-17(2)37-27(35)29-19-10-8-18(9-11-19)26-23(16-28)22-13-12-21(15-24(22)34(26)20-5-3-6-20)36-14-4-7-25-30-32-33-31-25/h8-13,15,17-19,23H,3-7,14H2,1-2H3,(H,31,32)(H,33,35);8-15,17,19,22H,3-7,16H2,1-2H3,(H,31,32)(H,33,35);8-13,15,17-18,21H,3-7,14H2,1-2H3,(H,32,35)(H,30,31,33);8-13,15,17,20H,3-7,14H2,1-2H3,(H,29,35)(H,30,31,32,33). The monoisotopic (exact) mass is 1990 g/mol. The van der Waals surface area contributed by atoms with Gasteiger partial charge in [0.25, 0.3) is 0 Å². The van der Waals surface area contributed by atoms with Gasteiger partial charge in [0.1, 0.15) is 65.3 Å². The lowest BCUT2D eigenvalue weighted by atomic mass is 9.92. The topological polar surface area (TPSA) is 459 Å². The van der Waals surface area contributed by atoms with Crippen LogP contribution in [0.3, 0.4) is 0 Å². The Labute approximate surface area is 857 Å². The SMILES string of the molecule is CC(C)OC(=O)Nc1ccc(-c2c(C#N)c3ccc(OCCCc4cnc[nH]4)cc3n2C2CCC2)cc1.CC(C)OC(=O)Nc1ccc(-c2c(C#N)c3ccc(OCCCc4ncc[nH]4)cc3n2C2CCC2)cc1.CC(C)OC(=O)Nc1ccc(-c2c(C#N)c3ccc(OCCCc4ncn[nH]4)cc3n2C2CCC2)cc1.CC(C)OC(=O)Nc1ccc(-c2c(C#N)c3ccc(OCCCc4nn[nH]n4)cc3n2C2CCC2)cc1. The van der Waals surface area contributed by atoms with Gasteiger partial charge in [-0.15, -0.1) is 10.2 Å². The number of rotatable bonds is 36. The van der Waals surface area contributed by atoms with Gasteiger partial charge >= 0.3 is 24.4 Å². The number of aryl methyl sites for hydroxylation is 4. The molecule has 8 N–H and O–H groups in total. The van der Waals surface area contributed by atoms with E-state index in [1.165, 1.54) is 32.0 Å². The van der Waals surface area contributed by atoms with Crippen molar-refractivity contribution in [3.05, 3.63) is 247 Å². The van der Waals surface area contributed by atoms with Crippen molar-refractivity contribution < 1.29 is 57.1 Å². The molecule has 4 aliphatic carbocycles. The van der Waals surface area contributed by atoms with Gasteiger partial charge in [0.15, 0.2) is 5.82 Å². The fraction of sp³-hybridized carbons (Fsp3) is 0.354. The first-order valence-electron chi connectivity index (χ1n) is 50.8. The quantitative estimate of drug-likeness (QED) is 0.0133. The summed E-state index contributed by atoms with van der Waals surface area (Å²) in [6.45, 7) is 16.7. The van der Waals surface area contributed by atoms with Crippen LogP contribution in [0.2, 0.25) is 0 Å². The second kappa shape index (κ2) is 48.5. The summed E-state index contributed by atoms with van der Waals surface area (Å²) in [5, 5.41) is 76.1. The van der Waals surface area contributed by atoms with Crippen molar-refractivity contribution in [2.75, 3.05) is 47.7 Å². The molecule has 0 unspecified atom stereocenters. The van der Waals surface area contributed by atoms with Gasteiger partial charge < -0.3 is 66.1 Å². The summed E-state index contributed by atoms with van der Waals surface area (Å²) in [5.41, 5.74) is 17.6. The molecule has 8 aromatic carbocycles. The molecule has 4 aliphatic rings. The molecule has 760 valence electrons. The summed E-state index contributed by atoms with van der Waals surface area (Å²) in [4.78, 5) is 66.6. The van der Waals surface area contributed by atoms with E-state index in [0.717, 1.165) is 225 Å². The van der Waals surface area contributed by atoms with E-state index in [0.29, 0.717) is 108 Å². The Balaban J connectivity index is 0.000000135. The molecule has 0 saturated heterocycles. The van der Waals surface area contributed by atoms with Crippen LogP contribution >= 0.6 is 0 Å². The predicted molar refractivity (Wildman–Crippen MR) is 564 cm³/mol. The number of carbonyl (C=O) groups is 4. The highest BCUT2D eigenvalue weighted by Crippen LogP contribution is 2.49. The first-order chi connectivity index (χ1) is 72.1. The molecule has 20 rings (SSSR count). The Bertz CT molecular complexity index is 6530. The lowest BCUT2D eigenvalue weighted by molar-refractivity contribution is 0.129. The minimum Gasteiger partial charge on any atom is -0.494 e. The number of imidazole rings is 2. The van der Waals surface area contributed by atoms with Gasteiger partial charge in [-0.1, -0.05) is 53.7 Å². The molecule has 16 aromatic rings. The minimum atomic E-state index is -0.492. The second-order valence-electron chi connectivity index (χ2n) is 38.2. The van der Waals surface area contributed by atoms with Gasteiger partial charge in [0.05, 0.1) is 124 Å². The summed E-state index contributed by atoms with van der Waals surface area (Å²) >= 11 is 0. The van der Waals surface area contributed by atoms with E-state index in [-0.39, 0.29) is 24.4 Å². The number of nitrogens with one attached hydrogen (secondary N) is 8. The van der Waals surface area contributed by atoms with Crippen molar-refractivity contribution >= 4 is 90.7 Å². The Morgan fingerprint density at radius 2 is 0.709 bits per heavy atom. The summed E-state index contributed by atoms with van der Waals surface area (Å²) in [5.74, 6) is 5.61. The molecule has 4 fully saturated rings. The lowest BCUT2D eigenvalue weighted by Gasteiger charge is -2.30. The fourth-order valence-corrected chi connectivity index (χ4v) is 18.7. The van der Waals surface area contributed by atoms with Crippen LogP contribution < -0.4 is 40.2 Å². The minimum absolute atomic E-state index is 0.194. The van der Waals surface area contributed by atoms with Crippen LogP contribution in [0.25, 0.3) is 88.6 Å². The Morgan fingerprint density at radius 3 is 0.966 bits per heavy atom. The van der Waals surface area contributed by atoms with Crippen molar-refractivity contribution in [3.8, 4) is 92.3 Å². The number of fused-ring (bicyclic) bond motifs is 4. The van der Waals surface area contributed by atoms with E-state index >= 15 is 0 Å². The molecular formula is C113H121N23O12. The third-order valence-corrected chi connectivity index (χ3v) is 26.4. The van der Waals surface area contributed by atoms with Crippen molar-refractivity contribution in [2.45, 2.75) is 232 Å². The number of benzene rings is 8. The number of nitriles is 4. The second-order valence-corrected chi connectivity index (χ2v) is 38.2. The average molecular weight is 1990 g/mol. The van der Waals surface area contributed by atoms with Crippen LogP contribution in [0.15, 0.2) is 201 Å². The van der Waals surface area contributed by atoms with Crippen molar-refractivity contribution in [2.24, 2.45) is 0 Å². The number of hydrogen-bond donors (Lipinski definition) is 8. The maximum atomic E-state index is 12.0. The summed E-state index contributed by atoms with van der Waals surface area (Å²) in [7, 11) is 0. The summed E-state index contributed by atoms with van der Waals surface area (Å²) < 4.78 is 54.1. The predicted octanol–water partition coefficient (Wildman–Crippen LogP) is 24.6. The zero-order valence-electron chi connectivity index (χ0n) is 84.2. The number of amides is 4. The normalized spacial score (nSPS) is 13.4. The van der Waals surface area contributed by atoms with Crippen molar-refractivity contribution in [1.82, 2.24) is 74.0 Å². The highest BCUT2D eigenvalue weighted by Gasteiger charge is 2.34. The van der Waals surface area contributed by atoms with E-state index < -0.39 is 24.4 Å². The highest BCUT2D eigenvalue weighted by atomic mass is 16.6. The van der Waals surface area contributed by atoms with Gasteiger partial charge in [-0.3, -0.25) is 26.4 Å². The molecule has 8 aromatic heterocycles. The Morgan fingerprint density at radius 1 is 0.392 bits per heavy atom. The molecular weight excluding hydrogens is 1870 g/mol. The molecule has 0 bridgehead atoms. The number of aromatic amines is 4. The van der Waals surface area contributed by atoms with Crippen LogP contribution in [0.5, 0.6) is 23.0 Å². The third kappa shape index (κ3) is 24.9. The molecule has 0 aliphatic heterocycles. The molecule has 35 heteroatoms.